The van der Waals surface area contributed by atoms with Crippen molar-refractivity contribution in [3.8, 4) is 11.4 Å². The molecule has 0 saturated carbocycles. The minimum absolute atomic E-state index is 0.0653. The van der Waals surface area contributed by atoms with Crippen molar-refractivity contribution in [2.75, 3.05) is 27.2 Å². The zero-order valence-electron chi connectivity index (χ0n) is 17.5. The molecule has 160 valence electrons. The van der Waals surface area contributed by atoms with E-state index < -0.39 is 0 Å². The van der Waals surface area contributed by atoms with Gasteiger partial charge in [-0.3, -0.25) is 9.59 Å². The molecule has 0 N–H and O–H groups in total. The van der Waals surface area contributed by atoms with E-state index in [-0.39, 0.29) is 23.4 Å². The number of amides is 2. The molecule has 1 aliphatic heterocycles. The van der Waals surface area contributed by atoms with E-state index >= 15 is 0 Å². The van der Waals surface area contributed by atoms with Gasteiger partial charge in [-0.1, -0.05) is 30.3 Å². The van der Waals surface area contributed by atoms with Crippen molar-refractivity contribution in [2.45, 2.75) is 12.8 Å². The Labute approximate surface area is 179 Å². The summed E-state index contributed by atoms with van der Waals surface area (Å²) in [5, 5.41) is 12.0. The largest absolute Gasteiger partial charge is 0.465 e. The van der Waals surface area contributed by atoms with Crippen LogP contribution in [0.4, 0.5) is 0 Å². The molecule has 4 rings (SSSR count). The number of piperidine rings is 1. The van der Waals surface area contributed by atoms with Crippen LogP contribution < -0.4 is 0 Å². The van der Waals surface area contributed by atoms with Crippen LogP contribution in [0.25, 0.3) is 23.2 Å². The van der Waals surface area contributed by atoms with Crippen LogP contribution in [0, 0.1) is 5.92 Å². The van der Waals surface area contributed by atoms with E-state index in [4.69, 9.17) is 4.42 Å². The van der Waals surface area contributed by atoms with Crippen molar-refractivity contribution >= 4 is 23.6 Å². The van der Waals surface area contributed by atoms with Crippen molar-refractivity contribution in [1.29, 1.82) is 0 Å². The maximum atomic E-state index is 13.5. The van der Waals surface area contributed by atoms with E-state index in [9.17, 15) is 9.59 Å². The molecule has 2 aromatic heterocycles. The minimum atomic E-state index is -0.211. The van der Waals surface area contributed by atoms with Crippen LogP contribution in [-0.4, -0.2) is 69.0 Å². The summed E-state index contributed by atoms with van der Waals surface area (Å²) in [5.74, 6) is 0.811. The minimum Gasteiger partial charge on any atom is -0.465 e. The summed E-state index contributed by atoms with van der Waals surface area (Å²) in [4.78, 5) is 29.1. The first-order valence-corrected chi connectivity index (χ1v) is 10.1. The molecule has 0 bridgehead atoms. The summed E-state index contributed by atoms with van der Waals surface area (Å²) in [6, 6.07) is 13.0. The first kappa shape index (κ1) is 20.5. The van der Waals surface area contributed by atoms with E-state index in [1.54, 1.807) is 48.4 Å². The Morgan fingerprint density at radius 2 is 1.84 bits per heavy atom. The fraction of sp³-hybridized carbons (Fsp3) is 0.318. The lowest BCUT2D eigenvalue weighted by molar-refractivity contribution is -0.137. The number of likely N-dealkylation sites (tertiary alicyclic amines) is 1. The van der Waals surface area contributed by atoms with Gasteiger partial charge in [0.2, 0.25) is 5.91 Å². The van der Waals surface area contributed by atoms with Crippen molar-refractivity contribution in [1.82, 2.24) is 30.0 Å². The molecule has 0 aliphatic carbocycles. The number of benzene rings is 1. The predicted molar refractivity (Wildman–Crippen MR) is 114 cm³/mol. The molecule has 1 fully saturated rings. The summed E-state index contributed by atoms with van der Waals surface area (Å²) >= 11 is 0. The third-order valence-corrected chi connectivity index (χ3v) is 5.34. The average molecular weight is 420 g/mol. The van der Waals surface area contributed by atoms with Crippen molar-refractivity contribution < 1.29 is 14.0 Å². The lowest BCUT2D eigenvalue weighted by Crippen LogP contribution is -2.43. The quantitative estimate of drug-likeness (QED) is 0.588. The van der Waals surface area contributed by atoms with Crippen LogP contribution >= 0.6 is 0 Å². The zero-order chi connectivity index (χ0) is 21.8. The molecule has 3 aromatic rings. The first-order valence-electron chi connectivity index (χ1n) is 10.1. The molecule has 1 aliphatic rings. The second-order valence-corrected chi connectivity index (χ2v) is 7.62. The number of carbonyl (C=O) groups is 2. The molecular weight excluding hydrogens is 396 g/mol. The molecule has 31 heavy (non-hydrogen) atoms. The van der Waals surface area contributed by atoms with E-state index in [1.807, 2.05) is 30.3 Å². The third-order valence-electron chi connectivity index (χ3n) is 5.34. The van der Waals surface area contributed by atoms with E-state index in [1.165, 1.54) is 4.68 Å². The highest BCUT2D eigenvalue weighted by molar-refractivity contribution is 6.18. The number of aromatic nitrogens is 4. The lowest BCUT2D eigenvalue weighted by Gasteiger charge is -2.32. The first-order chi connectivity index (χ1) is 15.0. The van der Waals surface area contributed by atoms with Crippen LogP contribution in [0.15, 0.2) is 53.1 Å². The predicted octanol–water partition coefficient (Wildman–Crippen LogP) is 2.26. The Balaban J connectivity index is 1.63. The maximum absolute atomic E-state index is 13.5. The molecule has 1 saturated heterocycles. The maximum Gasteiger partial charge on any atom is 0.272 e. The monoisotopic (exact) mass is 420 g/mol. The molecule has 3 heterocycles. The number of tetrazole rings is 1. The van der Waals surface area contributed by atoms with Crippen molar-refractivity contribution in [2.24, 2.45) is 5.92 Å². The third kappa shape index (κ3) is 4.40. The van der Waals surface area contributed by atoms with Crippen LogP contribution in [0.2, 0.25) is 0 Å². The smallest absolute Gasteiger partial charge is 0.272 e. The normalized spacial score (nSPS) is 15.2. The fourth-order valence-corrected chi connectivity index (χ4v) is 3.69. The molecule has 0 spiro atoms. The molecular formula is C22H24N6O3. The van der Waals surface area contributed by atoms with E-state index in [0.29, 0.717) is 37.5 Å². The second kappa shape index (κ2) is 8.95. The second-order valence-electron chi connectivity index (χ2n) is 7.62. The SMILES string of the molecule is CN(C)C(=O)C1CCN(C(=O)/C(=C/c2ccco2)n2nnnc2-c2ccccc2)CC1. The van der Waals surface area contributed by atoms with Crippen molar-refractivity contribution in [3.63, 3.8) is 0 Å². The van der Waals surface area contributed by atoms with Gasteiger partial charge < -0.3 is 14.2 Å². The fourth-order valence-electron chi connectivity index (χ4n) is 3.69. The number of nitrogens with zero attached hydrogens (tertiary/aromatic N) is 6. The number of hydrogen-bond acceptors (Lipinski definition) is 6. The van der Waals surface area contributed by atoms with Gasteiger partial charge in [0.15, 0.2) is 5.82 Å². The Bertz CT molecular complexity index is 1060. The van der Waals surface area contributed by atoms with Crippen LogP contribution in [0.1, 0.15) is 18.6 Å². The Morgan fingerprint density at radius 1 is 1.10 bits per heavy atom. The van der Waals surface area contributed by atoms with Crippen molar-refractivity contribution in [3.05, 3.63) is 54.5 Å². The highest BCUT2D eigenvalue weighted by Gasteiger charge is 2.31. The Morgan fingerprint density at radius 3 is 2.48 bits per heavy atom. The van der Waals surface area contributed by atoms with Crippen LogP contribution in [0.3, 0.4) is 0 Å². The van der Waals surface area contributed by atoms with Gasteiger partial charge in [0.1, 0.15) is 11.5 Å². The summed E-state index contributed by atoms with van der Waals surface area (Å²) in [6.45, 7) is 0.975. The van der Waals surface area contributed by atoms with E-state index in [0.717, 1.165) is 5.56 Å². The molecule has 9 heteroatoms. The zero-order valence-corrected chi connectivity index (χ0v) is 17.5. The van der Waals surface area contributed by atoms with Gasteiger partial charge in [-0.05, 0) is 35.4 Å². The number of rotatable bonds is 5. The molecule has 0 atom stereocenters. The highest BCUT2D eigenvalue weighted by atomic mass is 16.3. The van der Waals surface area contributed by atoms with Crippen LogP contribution in [0.5, 0.6) is 0 Å². The Hall–Kier alpha value is -3.75. The molecule has 2 amide bonds. The molecule has 9 nitrogen and oxygen atoms in total. The summed E-state index contributed by atoms with van der Waals surface area (Å²) < 4.78 is 6.88. The molecule has 1 aromatic carbocycles. The van der Waals surface area contributed by atoms with Gasteiger partial charge in [0.05, 0.1) is 6.26 Å². The van der Waals surface area contributed by atoms with Gasteiger partial charge in [0, 0.05) is 44.7 Å². The Kier molecular flexibility index (Phi) is 5.92. The number of hydrogen-bond donors (Lipinski definition) is 0. The van der Waals surface area contributed by atoms with Gasteiger partial charge in [-0.2, -0.15) is 4.68 Å². The molecule has 0 unspecified atom stereocenters. The summed E-state index contributed by atoms with van der Waals surface area (Å²) in [5.41, 5.74) is 1.08. The average Bonchev–Trinajstić information content (AvgIpc) is 3.49. The van der Waals surface area contributed by atoms with Gasteiger partial charge in [-0.15, -0.1) is 5.10 Å². The standard InChI is InChI=1S/C22H24N6O3/c1-26(2)21(29)17-10-12-27(13-11-17)22(30)19(15-18-9-6-14-31-18)28-20(23-24-25-28)16-7-4-3-5-8-16/h3-9,14-15,17H,10-13H2,1-2H3/b19-15-. The topological polar surface area (TPSA) is 97.4 Å². The number of furan rings is 1. The van der Waals surface area contributed by atoms with Crippen LogP contribution in [-0.2, 0) is 9.59 Å². The molecule has 0 radical (unpaired) electrons. The number of carbonyl (C=O) groups excluding carboxylic acids is 2. The van der Waals surface area contributed by atoms with Gasteiger partial charge >= 0.3 is 0 Å². The summed E-state index contributed by atoms with van der Waals surface area (Å²) in [7, 11) is 3.51. The summed E-state index contributed by atoms with van der Waals surface area (Å²) in [6.07, 6.45) is 4.43. The van der Waals surface area contributed by atoms with Gasteiger partial charge in [0.25, 0.3) is 5.91 Å². The lowest BCUT2D eigenvalue weighted by atomic mass is 9.95. The van der Waals surface area contributed by atoms with E-state index in [2.05, 4.69) is 15.5 Å². The van der Waals surface area contributed by atoms with Gasteiger partial charge in [-0.25, -0.2) is 0 Å². The highest BCUT2D eigenvalue weighted by Crippen LogP contribution is 2.25.